The Bertz CT molecular complexity index is 1080. The van der Waals surface area contributed by atoms with Crippen molar-refractivity contribution in [2.45, 2.75) is 6.04 Å². The van der Waals surface area contributed by atoms with E-state index in [4.69, 9.17) is 32.9 Å². The minimum Gasteiger partial charge on any atom is -0.468 e. The summed E-state index contributed by atoms with van der Waals surface area (Å²) < 4.78 is 4.97. The number of carbonyl (C=O) groups is 1. The molecule has 1 atom stereocenters. The summed E-state index contributed by atoms with van der Waals surface area (Å²) in [6.07, 6.45) is 0. The van der Waals surface area contributed by atoms with Crippen molar-refractivity contribution in [2.24, 2.45) is 4.99 Å². The fraction of sp³-hybridized carbons (Fsp3) is 0.130. The van der Waals surface area contributed by atoms with Crippen LogP contribution in [-0.2, 0) is 9.53 Å². The number of benzene rings is 3. The van der Waals surface area contributed by atoms with Gasteiger partial charge in [0, 0.05) is 21.2 Å². The molecule has 3 aromatic rings. The van der Waals surface area contributed by atoms with Crippen LogP contribution in [0.1, 0.15) is 22.7 Å². The fourth-order valence-corrected chi connectivity index (χ4v) is 3.91. The van der Waals surface area contributed by atoms with E-state index in [-0.39, 0.29) is 18.6 Å². The third-order valence-electron chi connectivity index (χ3n) is 4.82. The normalized spacial score (nSPS) is 15.5. The molecule has 0 amide bonds. The summed E-state index contributed by atoms with van der Waals surface area (Å²) in [5, 5.41) is 1.21. The van der Waals surface area contributed by atoms with Gasteiger partial charge in [-0.25, -0.2) is 4.99 Å². The Morgan fingerprint density at radius 1 is 1.00 bits per heavy atom. The van der Waals surface area contributed by atoms with E-state index in [0.29, 0.717) is 15.9 Å². The number of hydrogen-bond donors (Lipinski definition) is 0. The third-order valence-corrected chi connectivity index (χ3v) is 5.29. The Morgan fingerprint density at radius 2 is 1.76 bits per heavy atom. The smallest absolute Gasteiger partial charge is 0.325 e. The molecule has 146 valence electrons. The zero-order valence-electron chi connectivity index (χ0n) is 15.7. The van der Waals surface area contributed by atoms with Crippen LogP contribution in [0.4, 0.5) is 5.69 Å². The quantitative estimate of drug-likeness (QED) is 0.508. The van der Waals surface area contributed by atoms with Crippen LogP contribution < -0.4 is 0 Å². The number of aliphatic imine (C=N–C) groups is 1. The highest BCUT2D eigenvalue weighted by Gasteiger charge is 2.33. The molecule has 0 unspecified atom stereocenters. The summed E-state index contributed by atoms with van der Waals surface area (Å²) in [4.78, 5) is 19.1. The molecule has 4 nitrogen and oxygen atoms in total. The second kappa shape index (κ2) is 8.27. The first kappa shape index (κ1) is 19.5. The lowest BCUT2D eigenvalue weighted by molar-refractivity contribution is -0.141. The van der Waals surface area contributed by atoms with Crippen molar-refractivity contribution in [3.05, 3.63) is 99.5 Å². The van der Waals surface area contributed by atoms with Crippen LogP contribution in [0, 0.1) is 0 Å². The Balaban J connectivity index is 1.95. The Labute approximate surface area is 179 Å². The summed E-state index contributed by atoms with van der Waals surface area (Å²) >= 11 is 12.5. The van der Waals surface area contributed by atoms with Crippen molar-refractivity contribution in [2.75, 3.05) is 13.7 Å². The summed E-state index contributed by atoms with van der Waals surface area (Å²) in [6, 6.07) is 22.8. The van der Waals surface area contributed by atoms with Crippen LogP contribution >= 0.6 is 23.2 Å². The van der Waals surface area contributed by atoms with Crippen LogP contribution in [0.25, 0.3) is 0 Å². The molecular weight excluding hydrogens is 407 g/mol. The topological polar surface area (TPSA) is 41.9 Å². The van der Waals surface area contributed by atoms with Gasteiger partial charge in [-0.1, -0.05) is 65.7 Å². The molecule has 0 N–H and O–H groups in total. The molecule has 0 spiro atoms. The van der Waals surface area contributed by atoms with Crippen LogP contribution in [0.2, 0.25) is 10.0 Å². The highest BCUT2D eigenvalue weighted by molar-refractivity contribution is 6.31. The van der Waals surface area contributed by atoms with Crippen LogP contribution in [0.5, 0.6) is 0 Å². The van der Waals surface area contributed by atoms with Crippen molar-refractivity contribution >= 4 is 40.7 Å². The molecule has 0 aliphatic carbocycles. The third kappa shape index (κ3) is 4.00. The maximum absolute atomic E-state index is 12.3. The van der Waals surface area contributed by atoms with E-state index in [1.807, 2.05) is 77.7 Å². The van der Waals surface area contributed by atoms with Gasteiger partial charge in [0.05, 0.1) is 18.8 Å². The summed E-state index contributed by atoms with van der Waals surface area (Å²) in [7, 11) is 1.38. The Hall–Kier alpha value is -2.82. The molecule has 0 aromatic heterocycles. The predicted molar refractivity (Wildman–Crippen MR) is 116 cm³/mol. The fourth-order valence-electron chi connectivity index (χ4n) is 3.54. The number of carbonyl (C=O) groups excluding carboxylic acids is 1. The molecule has 0 bridgehead atoms. The van der Waals surface area contributed by atoms with Crippen LogP contribution in [0.3, 0.4) is 0 Å². The van der Waals surface area contributed by atoms with Gasteiger partial charge >= 0.3 is 5.97 Å². The largest absolute Gasteiger partial charge is 0.468 e. The van der Waals surface area contributed by atoms with E-state index in [1.54, 1.807) is 0 Å². The summed E-state index contributed by atoms with van der Waals surface area (Å²) in [6.45, 7) is 0.0351. The van der Waals surface area contributed by atoms with Gasteiger partial charge in [0.1, 0.15) is 12.4 Å². The minimum atomic E-state index is -0.355. The molecule has 0 saturated heterocycles. The maximum atomic E-state index is 12.3. The second-order valence-electron chi connectivity index (χ2n) is 6.67. The number of ether oxygens (including phenoxy) is 1. The molecule has 1 aliphatic rings. The molecular formula is C23H18Cl2N2O2. The molecule has 1 heterocycles. The van der Waals surface area contributed by atoms with E-state index in [2.05, 4.69) is 0 Å². The molecule has 1 aliphatic heterocycles. The SMILES string of the molecule is COC(=O)CN1C(c2cccc(Cl)c2)=Nc2ccc(Cl)cc2[C@@H]1c1ccccc1. The van der Waals surface area contributed by atoms with E-state index in [9.17, 15) is 4.79 Å². The van der Waals surface area contributed by atoms with Gasteiger partial charge in [0.2, 0.25) is 0 Å². The first-order valence-electron chi connectivity index (χ1n) is 9.09. The number of rotatable bonds is 4. The standard InChI is InChI=1S/C23H18Cl2N2O2/c1-29-21(28)14-27-22(15-6-3-2-4-7-15)19-13-18(25)10-11-20(19)26-23(27)16-8-5-9-17(24)12-16/h2-13,22H,14H2,1H3/t22-/m0/s1. The average Bonchev–Trinajstić information content (AvgIpc) is 2.73. The number of amidine groups is 1. The number of halogens is 2. The van der Waals surface area contributed by atoms with Crippen molar-refractivity contribution in [3.63, 3.8) is 0 Å². The van der Waals surface area contributed by atoms with E-state index in [1.165, 1.54) is 7.11 Å². The van der Waals surface area contributed by atoms with E-state index >= 15 is 0 Å². The first-order chi connectivity index (χ1) is 14.1. The molecule has 0 saturated carbocycles. The number of esters is 1. The zero-order valence-corrected chi connectivity index (χ0v) is 17.2. The summed E-state index contributed by atoms with van der Waals surface area (Å²) in [5.74, 6) is 0.299. The predicted octanol–water partition coefficient (Wildman–Crippen LogP) is 5.65. The second-order valence-corrected chi connectivity index (χ2v) is 7.54. The van der Waals surface area contributed by atoms with Gasteiger partial charge in [-0.05, 0) is 35.9 Å². The number of nitrogens with zero attached hydrogens (tertiary/aromatic N) is 2. The molecule has 0 fully saturated rings. The first-order valence-corrected chi connectivity index (χ1v) is 9.85. The monoisotopic (exact) mass is 424 g/mol. The number of fused-ring (bicyclic) bond motifs is 1. The lowest BCUT2D eigenvalue weighted by Gasteiger charge is -2.38. The summed E-state index contributed by atoms with van der Waals surface area (Å²) in [5.41, 5.74) is 3.58. The van der Waals surface area contributed by atoms with Gasteiger partial charge in [-0.2, -0.15) is 0 Å². The minimum absolute atomic E-state index is 0.0351. The zero-order chi connectivity index (χ0) is 20.4. The average molecular weight is 425 g/mol. The highest BCUT2D eigenvalue weighted by atomic mass is 35.5. The maximum Gasteiger partial charge on any atom is 0.325 e. The molecule has 0 radical (unpaired) electrons. The van der Waals surface area contributed by atoms with Gasteiger partial charge in [0.15, 0.2) is 0 Å². The number of methoxy groups -OCH3 is 1. The highest BCUT2D eigenvalue weighted by Crippen LogP contribution is 2.41. The lowest BCUT2D eigenvalue weighted by atomic mass is 9.93. The van der Waals surface area contributed by atoms with Crippen molar-refractivity contribution in [1.82, 2.24) is 4.90 Å². The van der Waals surface area contributed by atoms with Gasteiger partial charge in [-0.3, -0.25) is 4.79 Å². The lowest BCUT2D eigenvalue weighted by Crippen LogP contribution is -2.42. The van der Waals surface area contributed by atoms with E-state index in [0.717, 1.165) is 22.4 Å². The number of hydrogen-bond acceptors (Lipinski definition) is 4. The molecule has 6 heteroatoms. The molecule has 29 heavy (non-hydrogen) atoms. The van der Waals surface area contributed by atoms with Gasteiger partial charge in [-0.15, -0.1) is 0 Å². The van der Waals surface area contributed by atoms with E-state index < -0.39 is 0 Å². The Morgan fingerprint density at radius 3 is 2.48 bits per heavy atom. The van der Waals surface area contributed by atoms with Gasteiger partial charge < -0.3 is 9.64 Å². The van der Waals surface area contributed by atoms with Crippen molar-refractivity contribution in [1.29, 1.82) is 0 Å². The molecule has 4 rings (SSSR count). The van der Waals surface area contributed by atoms with Crippen molar-refractivity contribution in [3.8, 4) is 0 Å². The van der Waals surface area contributed by atoms with Gasteiger partial charge in [0.25, 0.3) is 0 Å². The van der Waals surface area contributed by atoms with Crippen LogP contribution in [-0.4, -0.2) is 30.4 Å². The molecule has 3 aromatic carbocycles. The van der Waals surface area contributed by atoms with Crippen molar-refractivity contribution < 1.29 is 9.53 Å². The Kier molecular flexibility index (Phi) is 5.56. The van der Waals surface area contributed by atoms with Crippen LogP contribution in [0.15, 0.2) is 77.8 Å².